The molecule has 3 aromatic rings. The van der Waals surface area contributed by atoms with E-state index in [-0.39, 0.29) is 27.7 Å². The number of sulfonamides is 1. The zero-order chi connectivity index (χ0) is 24.6. The number of hydrogen-bond acceptors (Lipinski definition) is 7. The van der Waals surface area contributed by atoms with Gasteiger partial charge in [-0.3, -0.25) is 4.79 Å². The molecule has 9 heteroatoms. The zero-order valence-electron chi connectivity index (χ0n) is 19.6. The maximum atomic E-state index is 13.0. The van der Waals surface area contributed by atoms with Crippen LogP contribution in [-0.4, -0.2) is 24.3 Å². The molecular weight excluding hydrogens is 440 g/mol. The van der Waals surface area contributed by atoms with E-state index < -0.39 is 15.9 Å². The van der Waals surface area contributed by atoms with Crippen molar-refractivity contribution in [3.8, 4) is 11.6 Å². The lowest BCUT2D eigenvalue weighted by molar-refractivity contribution is 0.0978. The summed E-state index contributed by atoms with van der Waals surface area (Å²) in [5, 5.41) is -0.359. The highest BCUT2D eigenvalue weighted by atomic mass is 32.2. The topological polar surface area (TPSA) is 124 Å². The largest absolute Gasteiger partial charge is 0.438 e. The van der Waals surface area contributed by atoms with Crippen LogP contribution in [0, 0.1) is 20.8 Å². The molecule has 0 saturated carbocycles. The number of carbonyl (C=O) groups excluding carboxylic acids is 1. The van der Waals surface area contributed by atoms with Crippen LogP contribution in [0.4, 0.5) is 5.82 Å². The first kappa shape index (κ1) is 24.2. The summed E-state index contributed by atoms with van der Waals surface area (Å²) in [5.41, 5.74) is 8.76. The lowest BCUT2D eigenvalue weighted by Gasteiger charge is -2.21. The third kappa shape index (κ3) is 5.48. The number of rotatable bonds is 5. The molecule has 0 aliphatic carbocycles. The molecule has 1 aromatic carbocycles. The number of anilines is 1. The van der Waals surface area contributed by atoms with Crippen molar-refractivity contribution in [2.75, 3.05) is 5.73 Å². The fourth-order valence-corrected chi connectivity index (χ4v) is 4.28. The first-order valence-electron chi connectivity index (χ1n) is 10.3. The fourth-order valence-electron chi connectivity index (χ4n) is 3.34. The van der Waals surface area contributed by atoms with E-state index in [1.165, 1.54) is 24.3 Å². The van der Waals surface area contributed by atoms with Crippen molar-refractivity contribution >= 4 is 21.7 Å². The molecule has 0 spiro atoms. The van der Waals surface area contributed by atoms with Gasteiger partial charge >= 0.3 is 0 Å². The number of nitrogens with zero attached hydrogens (tertiary/aromatic N) is 2. The summed E-state index contributed by atoms with van der Waals surface area (Å²) in [7, 11) is -4.25. The summed E-state index contributed by atoms with van der Waals surface area (Å²) >= 11 is 0. The second kappa shape index (κ2) is 8.82. The molecule has 2 aromatic heterocycles. The first-order chi connectivity index (χ1) is 15.3. The van der Waals surface area contributed by atoms with E-state index >= 15 is 0 Å². The summed E-state index contributed by atoms with van der Waals surface area (Å²) in [6.07, 6.45) is 0. The van der Waals surface area contributed by atoms with E-state index in [2.05, 4.69) is 9.97 Å². The Hall–Kier alpha value is -3.46. The second-order valence-electron chi connectivity index (χ2n) is 8.96. The van der Waals surface area contributed by atoms with Crippen LogP contribution >= 0.6 is 0 Å². The van der Waals surface area contributed by atoms with Gasteiger partial charge < -0.3 is 10.5 Å². The van der Waals surface area contributed by atoms with E-state index in [9.17, 15) is 13.2 Å². The molecule has 3 rings (SSSR count). The van der Waals surface area contributed by atoms with E-state index in [1.54, 1.807) is 6.07 Å². The Labute approximate surface area is 194 Å². The van der Waals surface area contributed by atoms with Crippen LogP contribution in [0.3, 0.4) is 0 Å². The molecule has 0 bridgehead atoms. The fraction of sp³-hybridized carbons (Fsp3) is 0.292. The minimum Gasteiger partial charge on any atom is -0.438 e. The van der Waals surface area contributed by atoms with E-state index in [0.29, 0.717) is 11.4 Å². The number of ether oxygens (including phenoxy) is 1. The van der Waals surface area contributed by atoms with Gasteiger partial charge in [-0.15, -0.1) is 0 Å². The number of aryl methyl sites for hydroxylation is 3. The van der Waals surface area contributed by atoms with Gasteiger partial charge in [-0.05, 0) is 56.2 Å². The highest BCUT2D eigenvalue weighted by Crippen LogP contribution is 2.33. The standard InChI is InChI=1S/C24H28N4O4S/c1-14-12-15(2)21(16(3)13-14)32-23-17(10-11-18(26-23)24(4,5)6)22(29)28-33(30,31)20-9-7-8-19(25)27-20/h7-13H,1-6H3,(H2,25,27)(H,28,29). The number of nitrogen functional groups attached to an aromatic ring is 1. The highest BCUT2D eigenvalue weighted by Gasteiger charge is 2.26. The van der Waals surface area contributed by atoms with Crippen LogP contribution in [-0.2, 0) is 15.4 Å². The minimum atomic E-state index is -4.25. The van der Waals surface area contributed by atoms with Gasteiger partial charge in [0.1, 0.15) is 17.1 Å². The summed E-state index contributed by atoms with van der Waals surface area (Å²) in [5.74, 6) is -0.278. The Balaban J connectivity index is 2.05. The van der Waals surface area contributed by atoms with Crippen LogP contribution in [0.2, 0.25) is 0 Å². The van der Waals surface area contributed by atoms with Crippen molar-refractivity contribution in [1.29, 1.82) is 0 Å². The normalized spacial score (nSPS) is 11.8. The predicted octanol–water partition coefficient (Wildman–Crippen LogP) is 4.19. The second-order valence-corrected chi connectivity index (χ2v) is 10.6. The highest BCUT2D eigenvalue weighted by molar-refractivity contribution is 7.90. The lowest BCUT2D eigenvalue weighted by Crippen LogP contribution is -2.32. The number of nitrogens with two attached hydrogens (primary N) is 1. The molecule has 0 unspecified atom stereocenters. The van der Waals surface area contributed by atoms with Gasteiger partial charge in [-0.2, -0.15) is 8.42 Å². The van der Waals surface area contributed by atoms with Crippen molar-refractivity contribution in [3.63, 3.8) is 0 Å². The minimum absolute atomic E-state index is 0.0187. The smallest absolute Gasteiger partial charge is 0.281 e. The Bertz CT molecular complexity index is 1310. The lowest BCUT2D eigenvalue weighted by atomic mass is 9.91. The maximum Gasteiger partial charge on any atom is 0.281 e. The molecule has 0 radical (unpaired) electrons. The van der Waals surface area contributed by atoms with E-state index in [1.807, 2.05) is 58.4 Å². The van der Waals surface area contributed by atoms with Gasteiger partial charge in [0, 0.05) is 11.1 Å². The molecule has 8 nitrogen and oxygen atoms in total. The van der Waals surface area contributed by atoms with Crippen LogP contribution in [0.1, 0.15) is 53.5 Å². The molecule has 0 atom stereocenters. The summed E-state index contributed by atoms with van der Waals surface area (Å²) in [6.45, 7) is 11.7. The number of amides is 1. The molecule has 3 N–H and O–H groups in total. The molecular formula is C24H28N4O4S. The maximum absolute atomic E-state index is 13.0. The molecule has 2 heterocycles. The molecule has 0 saturated heterocycles. The van der Waals surface area contributed by atoms with Crippen molar-refractivity contribution in [2.24, 2.45) is 0 Å². The van der Waals surface area contributed by atoms with Crippen LogP contribution in [0.5, 0.6) is 11.6 Å². The number of pyridine rings is 2. The molecule has 174 valence electrons. The van der Waals surface area contributed by atoms with Crippen LogP contribution < -0.4 is 15.2 Å². The van der Waals surface area contributed by atoms with Gasteiger partial charge in [0.15, 0.2) is 5.03 Å². The van der Waals surface area contributed by atoms with Crippen molar-refractivity contribution in [3.05, 3.63) is 70.4 Å². The predicted molar refractivity (Wildman–Crippen MR) is 127 cm³/mol. The third-order valence-corrected chi connectivity index (χ3v) is 6.16. The number of carbonyl (C=O) groups is 1. The summed E-state index contributed by atoms with van der Waals surface area (Å²) in [4.78, 5) is 21.4. The molecule has 33 heavy (non-hydrogen) atoms. The summed E-state index contributed by atoms with van der Waals surface area (Å²) in [6, 6.07) is 11.3. The molecule has 0 fully saturated rings. The molecule has 1 amide bonds. The number of nitrogens with one attached hydrogen (secondary N) is 1. The Morgan fingerprint density at radius 1 is 1.00 bits per heavy atom. The van der Waals surface area contributed by atoms with Gasteiger partial charge in [0.05, 0.1) is 0 Å². The average Bonchev–Trinajstić information content (AvgIpc) is 2.69. The quantitative estimate of drug-likeness (QED) is 0.575. The zero-order valence-corrected chi connectivity index (χ0v) is 20.4. The van der Waals surface area contributed by atoms with Crippen LogP contribution in [0.25, 0.3) is 0 Å². The van der Waals surface area contributed by atoms with Gasteiger partial charge in [0.2, 0.25) is 5.88 Å². The van der Waals surface area contributed by atoms with Gasteiger partial charge in [-0.1, -0.05) is 44.5 Å². The van der Waals surface area contributed by atoms with Crippen molar-refractivity contribution in [2.45, 2.75) is 52.0 Å². The third-order valence-electron chi connectivity index (χ3n) is 4.92. The van der Waals surface area contributed by atoms with Crippen molar-refractivity contribution in [1.82, 2.24) is 14.7 Å². The van der Waals surface area contributed by atoms with Gasteiger partial charge in [-0.25, -0.2) is 14.7 Å². The molecule has 0 aliphatic heterocycles. The number of benzene rings is 1. The van der Waals surface area contributed by atoms with E-state index in [0.717, 1.165) is 16.7 Å². The number of aromatic nitrogens is 2. The van der Waals surface area contributed by atoms with E-state index in [4.69, 9.17) is 10.5 Å². The first-order valence-corrected chi connectivity index (χ1v) is 11.8. The number of hydrogen-bond donors (Lipinski definition) is 2. The van der Waals surface area contributed by atoms with Crippen LogP contribution in [0.15, 0.2) is 47.5 Å². The Morgan fingerprint density at radius 2 is 1.64 bits per heavy atom. The Kier molecular flexibility index (Phi) is 6.46. The monoisotopic (exact) mass is 468 g/mol. The SMILES string of the molecule is Cc1cc(C)c(Oc2nc(C(C)(C)C)ccc2C(=O)NS(=O)(=O)c2cccc(N)n2)c(C)c1. The van der Waals surface area contributed by atoms with Crippen molar-refractivity contribution < 1.29 is 17.9 Å². The molecule has 0 aliphatic rings. The average molecular weight is 469 g/mol. The van der Waals surface area contributed by atoms with Gasteiger partial charge in [0.25, 0.3) is 15.9 Å². The summed E-state index contributed by atoms with van der Waals surface area (Å²) < 4.78 is 33.6. The Morgan fingerprint density at radius 3 is 2.21 bits per heavy atom.